The third-order valence-electron chi connectivity index (χ3n) is 2.91. The maximum atomic E-state index is 9.87. The number of nitrogen functional groups attached to an aromatic ring is 1. The Morgan fingerprint density at radius 3 is 2.53 bits per heavy atom. The van der Waals surface area contributed by atoms with Crippen molar-refractivity contribution in [3.63, 3.8) is 0 Å². The zero-order valence-electron chi connectivity index (χ0n) is 10.0. The van der Waals surface area contributed by atoms with Gasteiger partial charge in [0.2, 0.25) is 0 Å². The summed E-state index contributed by atoms with van der Waals surface area (Å²) < 4.78 is 5.15. The number of aromatic amines is 1. The Morgan fingerprint density at radius 2 is 2.00 bits per heavy atom. The number of rotatable bonds is 2. The highest BCUT2D eigenvalue weighted by Gasteiger charge is 2.14. The molecule has 0 saturated heterocycles. The highest BCUT2D eigenvalue weighted by atomic mass is 16.5. The van der Waals surface area contributed by atoms with Gasteiger partial charge in [-0.3, -0.25) is 5.10 Å². The van der Waals surface area contributed by atoms with Crippen LogP contribution in [0.15, 0.2) is 12.1 Å². The molecule has 0 saturated carbocycles. The van der Waals surface area contributed by atoms with Gasteiger partial charge < -0.3 is 15.6 Å². The number of benzene rings is 1. The van der Waals surface area contributed by atoms with Crippen molar-refractivity contribution in [2.75, 3.05) is 12.8 Å². The molecule has 0 aliphatic rings. The summed E-state index contributed by atoms with van der Waals surface area (Å²) in [5.74, 6) is 1.03. The molecule has 0 aliphatic carbocycles. The molecule has 5 heteroatoms. The van der Waals surface area contributed by atoms with E-state index in [4.69, 9.17) is 10.5 Å². The van der Waals surface area contributed by atoms with Crippen LogP contribution in [0.5, 0.6) is 11.5 Å². The largest absolute Gasteiger partial charge is 0.504 e. The summed E-state index contributed by atoms with van der Waals surface area (Å²) >= 11 is 0. The Balaban J connectivity index is 2.64. The monoisotopic (exact) mass is 233 g/mol. The van der Waals surface area contributed by atoms with Crippen LogP contribution in [0.25, 0.3) is 11.3 Å². The Bertz CT molecular complexity index is 561. The van der Waals surface area contributed by atoms with Gasteiger partial charge in [-0.25, -0.2) is 0 Å². The minimum atomic E-state index is 0.110. The van der Waals surface area contributed by atoms with E-state index >= 15 is 0 Å². The predicted molar refractivity (Wildman–Crippen MR) is 66.1 cm³/mol. The molecule has 0 radical (unpaired) electrons. The highest BCUT2D eigenvalue weighted by Crippen LogP contribution is 2.38. The van der Waals surface area contributed by atoms with Crippen molar-refractivity contribution >= 4 is 5.82 Å². The smallest absolute Gasteiger partial charge is 0.163 e. The molecule has 0 amide bonds. The Morgan fingerprint density at radius 1 is 1.29 bits per heavy atom. The maximum Gasteiger partial charge on any atom is 0.163 e. The fraction of sp³-hybridized carbons (Fsp3) is 0.250. The van der Waals surface area contributed by atoms with Crippen molar-refractivity contribution in [2.24, 2.45) is 0 Å². The number of ether oxygens (including phenoxy) is 1. The van der Waals surface area contributed by atoms with E-state index in [0.29, 0.717) is 11.6 Å². The number of anilines is 1. The third kappa shape index (κ3) is 1.80. The molecule has 1 aromatic heterocycles. The van der Waals surface area contributed by atoms with E-state index in [2.05, 4.69) is 10.2 Å². The number of aromatic hydroxyl groups is 1. The van der Waals surface area contributed by atoms with Gasteiger partial charge in [-0.05, 0) is 31.0 Å². The van der Waals surface area contributed by atoms with Gasteiger partial charge in [0.05, 0.1) is 12.8 Å². The zero-order chi connectivity index (χ0) is 12.6. The fourth-order valence-electron chi connectivity index (χ4n) is 1.89. The summed E-state index contributed by atoms with van der Waals surface area (Å²) in [6.45, 7) is 3.86. The number of hydrogen-bond acceptors (Lipinski definition) is 4. The molecular weight excluding hydrogens is 218 g/mol. The molecule has 2 aromatic rings. The van der Waals surface area contributed by atoms with E-state index in [1.54, 1.807) is 12.1 Å². The van der Waals surface area contributed by atoms with E-state index in [1.807, 2.05) is 13.8 Å². The van der Waals surface area contributed by atoms with Crippen LogP contribution >= 0.6 is 0 Å². The first kappa shape index (κ1) is 11.3. The Hall–Kier alpha value is -2.17. The number of phenols is 1. The minimum absolute atomic E-state index is 0.110. The summed E-state index contributed by atoms with van der Waals surface area (Å²) in [6, 6.07) is 3.38. The molecule has 2 rings (SSSR count). The summed E-state index contributed by atoms with van der Waals surface area (Å²) in [5, 5.41) is 16.6. The van der Waals surface area contributed by atoms with Crippen molar-refractivity contribution in [1.29, 1.82) is 0 Å². The molecule has 0 aliphatic heterocycles. The summed E-state index contributed by atoms with van der Waals surface area (Å²) in [4.78, 5) is 0. The molecule has 4 N–H and O–H groups in total. The number of hydrogen-bond donors (Lipinski definition) is 3. The second kappa shape index (κ2) is 4.01. The fourth-order valence-corrected chi connectivity index (χ4v) is 1.89. The number of aromatic nitrogens is 2. The van der Waals surface area contributed by atoms with Crippen molar-refractivity contribution in [2.45, 2.75) is 13.8 Å². The van der Waals surface area contributed by atoms with Crippen molar-refractivity contribution in [3.05, 3.63) is 23.3 Å². The molecule has 0 atom stereocenters. The molecule has 1 heterocycles. The van der Waals surface area contributed by atoms with Gasteiger partial charge in [-0.2, -0.15) is 5.10 Å². The number of phenolic OH excluding ortho intramolecular Hbond substituents is 1. The minimum Gasteiger partial charge on any atom is -0.504 e. The van der Waals surface area contributed by atoms with Gasteiger partial charge in [-0.15, -0.1) is 0 Å². The van der Waals surface area contributed by atoms with E-state index in [-0.39, 0.29) is 5.75 Å². The van der Waals surface area contributed by atoms with Crippen molar-refractivity contribution in [3.8, 4) is 22.8 Å². The third-order valence-corrected chi connectivity index (χ3v) is 2.91. The topological polar surface area (TPSA) is 84.2 Å². The standard InChI is InChI=1S/C12H15N3O2/c1-6-7(2)12(17-3)10(16)4-8(6)9-5-11(13)15-14-9/h4-5,16H,1-3H3,(H3,13,14,15). The lowest BCUT2D eigenvalue weighted by molar-refractivity contribution is 0.370. The normalized spacial score (nSPS) is 10.5. The van der Waals surface area contributed by atoms with Crippen LogP contribution in [0.4, 0.5) is 5.82 Å². The van der Waals surface area contributed by atoms with Gasteiger partial charge >= 0.3 is 0 Å². The van der Waals surface area contributed by atoms with Crippen LogP contribution in [-0.2, 0) is 0 Å². The Labute approximate surface area is 99.2 Å². The van der Waals surface area contributed by atoms with Crippen molar-refractivity contribution in [1.82, 2.24) is 10.2 Å². The number of nitrogens with one attached hydrogen (secondary N) is 1. The van der Waals surface area contributed by atoms with Crippen LogP contribution in [0.3, 0.4) is 0 Å². The van der Waals surface area contributed by atoms with E-state index < -0.39 is 0 Å². The van der Waals surface area contributed by atoms with Crippen LogP contribution in [-0.4, -0.2) is 22.4 Å². The maximum absolute atomic E-state index is 9.87. The molecule has 0 bridgehead atoms. The van der Waals surface area contributed by atoms with Crippen LogP contribution < -0.4 is 10.5 Å². The van der Waals surface area contributed by atoms with Crippen molar-refractivity contribution < 1.29 is 9.84 Å². The molecule has 17 heavy (non-hydrogen) atoms. The summed E-state index contributed by atoms with van der Waals surface area (Å²) in [7, 11) is 1.54. The van der Waals surface area contributed by atoms with Crippen LogP contribution in [0.1, 0.15) is 11.1 Å². The molecule has 0 unspecified atom stereocenters. The van der Waals surface area contributed by atoms with Crippen LogP contribution in [0.2, 0.25) is 0 Å². The SMILES string of the molecule is COc1c(O)cc(-c2cc(N)n[nH]2)c(C)c1C. The molecule has 0 fully saturated rings. The van der Waals surface area contributed by atoms with Gasteiger partial charge in [0, 0.05) is 11.6 Å². The lowest BCUT2D eigenvalue weighted by atomic mass is 9.99. The average Bonchev–Trinajstić information content (AvgIpc) is 2.71. The number of nitrogens with two attached hydrogens (primary N) is 1. The first-order chi connectivity index (χ1) is 8.04. The van der Waals surface area contributed by atoms with E-state index in [9.17, 15) is 5.11 Å². The lowest BCUT2D eigenvalue weighted by Crippen LogP contribution is -1.94. The number of methoxy groups -OCH3 is 1. The summed E-state index contributed by atoms with van der Waals surface area (Å²) in [5.41, 5.74) is 9.13. The lowest BCUT2D eigenvalue weighted by Gasteiger charge is -2.13. The first-order valence-electron chi connectivity index (χ1n) is 5.23. The highest BCUT2D eigenvalue weighted by molar-refractivity contribution is 5.71. The molecule has 90 valence electrons. The first-order valence-corrected chi connectivity index (χ1v) is 5.23. The van der Waals surface area contributed by atoms with Crippen LogP contribution in [0, 0.1) is 13.8 Å². The van der Waals surface area contributed by atoms with E-state index in [1.165, 1.54) is 7.11 Å². The van der Waals surface area contributed by atoms with Gasteiger partial charge in [0.15, 0.2) is 11.5 Å². The zero-order valence-corrected chi connectivity index (χ0v) is 10.0. The number of nitrogens with zero attached hydrogens (tertiary/aromatic N) is 1. The molecule has 5 nitrogen and oxygen atoms in total. The average molecular weight is 233 g/mol. The second-order valence-electron chi connectivity index (χ2n) is 3.93. The molecule has 1 aromatic carbocycles. The Kier molecular flexibility index (Phi) is 2.67. The number of H-pyrrole nitrogens is 1. The van der Waals surface area contributed by atoms with Gasteiger partial charge in [0.1, 0.15) is 5.82 Å². The predicted octanol–water partition coefficient (Wildman–Crippen LogP) is 1.99. The second-order valence-corrected chi connectivity index (χ2v) is 3.93. The summed E-state index contributed by atoms with van der Waals surface area (Å²) in [6.07, 6.45) is 0. The van der Waals surface area contributed by atoms with Gasteiger partial charge in [-0.1, -0.05) is 0 Å². The molecule has 0 spiro atoms. The quantitative estimate of drug-likeness (QED) is 0.740. The molecular formula is C12H15N3O2. The van der Waals surface area contributed by atoms with Gasteiger partial charge in [0.25, 0.3) is 0 Å². The van der Waals surface area contributed by atoms with E-state index in [0.717, 1.165) is 22.4 Å².